The number of nitrogens with zero attached hydrogens (tertiary/aromatic N) is 4. The van der Waals surface area contributed by atoms with Gasteiger partial charge in [0.2, 0.25) is 0 Å². The van der Waals surface area contributed by atoms with E-state index in [9.17, 15) is 9.59 Å². The fourth-order valence-corrected chi connectivity index (χ4v) is 2.63. The van der Waals surface area contributed by atoms with E-state index in [1.807, 2.05) is 4.90 Å². The van der Waals surface area contributed by atoms with Crippen molar-refractivity contribution in [2.24, 2.45) is 0 Å². The van der Waals surface area contributed by atoms with Gasteiger partial charge in [0.25, 0.3) is 0 Å². The number of urea groups is 1. The maximum Gasteiger partial charge on any atom is 0.320 e. The van der Waals surface area contributed by atoms with Crippen molar-refractivity contribution in [3.05, 3.63) is 0 Å². The van der Waals surface area contributed by atoms with E-state index in [0.29, 0.717) is 45.2 Å². The molecule has 0 aromatic rings. The SMILES string of the molecule is CC(C(=O)O)N1CCN(C(=O)N(CCC#N)C2CC2)CC1. The van der Waals surface area contributed by atoms with Crippen LogP contribution in [0.4, 0.5) is 4.79 Å². The van der Waals surface area contributed by atoms with Gasteiger partial charge in [-0.05, 0) is 19.8 Å². The van der Waals surface area contributed by atoms with Crippen LogP contribution in [-0.4, -0.2) is 76.6 Å². The molecular formula is C14H22N4O3. The molecule has 1 unspecified atom stereocenters. The Morgan fingerprint density at radius 3 is 2.43 bits per heavy atom. The molecule has 7 heteroatoms. The number of aliphatic carboxylic acids is 1. The first kappa shape index (κ1) is 15.6. The van der Waals surface area contributed by atoms with Gasteiger partial charge < -0.3 is 14.9 Å². The van der Waals surface area contributed by atoms with E-state index < -0.39 is 12.0 Å². The van der Waals surface area contributed by atoms with Crippen LogP contribution in [0.25, 0.3) is 0 Å². The Morgan fingerprint density at radius 2 is 1.95 bits per heavy atom. The van der Waals surface area contributed by atoms with Crippen LogP contribution in [0.5, 0.6) is 0 Å². The number of carbonyl (C=O) groups is 2. The van der Waals surface area contributed by atoms with Crippen LogP contribution in [0.15, 0.2) is 0 Å². The first-order valence-corrected chi connectivity index (χ1v) is 7.44. The maximum atomic E-state index is 12.5. The summed E-state index contributed by atoms with van der Waals surface area (Å²) in [6.45, 7) is 4.42. The van der Waals surface area contributed by atoms with Crippen molar-refractivity contribution in [2.75, 3.05) is 32.7 Å². The molecule has 1 aliphatic heterocycles. The van der Waals surface area contributed by atoms with Crippen molar-refractivity contribution in [3.8, 4) is 6.07 Å². The van der Waals surface area contributed by atoms with Crippen molar-refractivity contribution in [1.82, 2.24) is 14.7 Å². The lowest BCUT2D eigenvalue weighted by Gasteiger charge is -2.38. The molecule has 1 saturated heterocycles. The maximum absolute atomic E-state index is 12.5. The van der Waals surface area contributed by atoms with Crippen LogP contribution in [0.1, 0.15) is 26.2 Å². The highest BCUT2D eigenvalue weighted by Gasteiger charge is 2.36. The molecule has 1 saturated carbocycles. The monoisotopic (exact) mass is 294 g/mol. The van der Waals surface area contributed by atoms with E-state index in [1.165, 1.54) is 0 Å². The Bertz CT molecular complexity index is 436. The number of piperazine rings is 1. The number of hydrogen-bond acceptors (Lipinski definition) is 4. The molecule has 2 fully saturated rings. The number of hydrogen-bond donors (Lipinski definition) is 1. The number of carboxylic acid groups (broad SMARTS) is 1. The van der Waals surface area contributed by atoms with Crippen molar-refractivity contribution >= 4 is 12.0 Å². The Labute approximate surface area is 124 Å². The molecule has 7 nitrogen and oxygen atoms in total. The van der Waals surface area contributed by atoms with Gasteiger partial charge in [0.1, 0.15) is 6.04 Å². The van der Waals surface area contributed by atoms with Gasteiger partial charge in [-0.3, -0.25) is 9.69 Å². The summed E-state index contributed by atoms with van der Waals surface area (Å²) in [4.78, 5) is 28.9. The predicted molar refractivity (Wildman–Crippen MR) is 75.6 cm³/mol. The van der Waals surface area contributed by atoms with E-state index >= 15 is 0 Å². The molecule has 0 spiro atoms. The second-order valence-electron chi connectivity index (χ2n) is 5.65. The summed E-state index contributed by atoms with van der Waals surface area (Å²) in [6.07, 6.45) is 2.40. The van der Waals surface area contributed by atoms with E-state index in [0.717, 1.165) is 12.8 Å². The Hall–Kier alpha value is -1.81. The molecule has 1 atom stereocenters. The van der Waals surface area contributed by atoms with E-state index in [-0.39, 0.29) is 6.03 Å². The van der Waals surface area contributed by atoms with Crippen LogP contribution in [0.2, 0.25) is 0 Å². The molecular weight excluding hydrogens is 272 g/mol. The zero-order valence-corrected chi connectivity index (χ0v) is 12.4. The number of rotatable bonds is 5. The largest absolute Gasteiger partial charge is 0.480 e. The Balaban J connectivity index is 1.87. The first-order chi connectivity index (χ1) is 10.0. The molecule has 2 rings (SSSR count). The lowest BCUT2D eigenvalue weighted by Crippen LogP contribution is -2.56. The highest BCUT2D eigenvalue weighted by molar-refractivity contribution is 5.75. The third-order valence-electron chi connectivity index (χ3n) is 4.19. The van der Waals surface area contributed by atoms with Crippen LogP contribution in [0.3, 0.4) is 0 Å². The lowest BCUT2D eigenvalue weighted by molar-refractivity contribution is -0.143. The minimum absolute atomic E-state index is 0.00428. The zero-order chi connectivity index (χ0) is 15.4. The Kier molecular flexibility index (Phi) is 5.02. The van der Waals surface area contributed by atoms with Crippen molar-refractivity contribution in [3.63, 3.8) is 0 Å². The molecule has 2 aliphatic rings. The van der Waals surface area contributed by atoms with Gasteiger partial charge in [0, 0.05) is 38.8 Å². The first-order valence-electron chi connectivity index (χ1n) is 7.44. The summed E-state index contributed by atoms with van der Waals surface area (Å²) in [5.74, 6) is -0.830. The van der Waals surface area contributed by atoms with Gasteiger partial charge >= 0.3 is 12.0 Å². The van der Waals surface area contributed by atoms with E-state index in [2.05, 4.69) is 6.07 Å². The van der Waals surface area contributed by atoms with Gasteiger partial charge in [-0.1, -0.05) is 0 Å². The minimum atomic E-state index is -0.830. The molecule has 2 amide bonds. The van der Waals surface area contributed by atoms with Crippen LogP contribution >= 0.6 is 0 Å². The second kappa shape index (κ2) is 6.76. The van der Waals surface area contributed by atoms with Gasteiger partial charge in [0.15, 0.2) is 0 Å². The molecule has 0 radical (unpaired) electrons. The zero-order valence-electron chi connectivity index (χ0n) is 12.4. The fraction of sp³-hybridized carbons (Fsp3) is 0.786. The summed E-state index contributed by atoms with van der Waals surface area (Å²) in [5.41, 5.74) is 0. The average Bonchev–Trinajstić information content (AvgIpc) is 3.31. The molecule has 0 bridgehead atoms. The predicted octanol–water partition coefficient (Wildman–Crippen LogP) is 0.575. The summed E-state index contributed by atoms with van der Waals surface area (Å²) in [5, 5.41) is 17.7. The van der Waals surface area contributed by atoms with Crippen LogP contribution < -0.4 is 0 Å². The molecule has 1 heterocycles. The fourth-order valence-electron chi connectivity index (χ4n) is 2.63. The summed E-state index contributed by atoms with van der Waals surface area (Å²) < 4.78 is 0. The Morgan fingerprint density at radius 1 is 1.33 bits per heavy atom. The van der Waals surface area contributed by atoms with Gasteiger partial charge in [-0.15, -0.1) is 0 Å². The highest BCUT2D eigenvalue weighted by atomic mass is 16.4. The molecule has 0 aromatic heterocycles. The van der Waals surface area contributed by atoms with E-state index in [4.69, 9.17) is 10.4 Å². The van der Waals surface area contributed by atoms with Crippen molar-refractivity contribution in [2.45, 2.75) is 38.3 Å². The van der Waals surface area contributed by atoms with Crippen molar-refractivity contribution in [1.29, 1.82) is 5.26 Å². The molecule has 1 aliphatic carbocycles. The quantitative estimate of drug-likeness (QED) is 0.801. The van der Waals surface area contributed by atoms with Crippen LogP contribution in [-0.2, 0) is 4.79 Å². The highest BCUT2D eigenvalue weighted by Crippen LogP contribution is 2.28. The van der Waals surface area contributed by atoms with Gasteiger partial charge in [-0.2, -0.15) is 5.26 Å². The number of carbonyl (C=O) groups excluding carboxylic acids is 1. The standard InChI is InChI=1S/C14H22N4O3/c1-11(13(19)20)16-7-9-17(10-8-16)14(21)18(6-2-5-15)12-3-4-12/h11-12H,2-4,6-10H2,1H3,(H,19,20). The van der Waals surface area contributed by atoms with Gasteiger partial charge in [-0.25, -0.2) is 4.79 Å². The van der Waals surface area contributed by atoms with E-state index in [1.54, 1.807) is 16.7 Å². The topological polar surface area (TPSA) is 87.9 Å². The summed E-state index contributed by atoms with van der Waals surface area (Å²) >= 11 is 0. The smallest absolute Gasteiger partial charge is 0.320 e. The third-order valence-corrected chi connectivity index (χ3v) is 4.19. The number of amides is 2. The van der Waals surface area contributed by atoms with Crippen LogP contribution in [0, 0.1) is 11.3 Å². The molecule has 21 heavy (non-hydrogen) atoms. The molecule has 116 valence electrons. The third kappa shape index (κ3) is 3.85. The van der Waals surface area contributed by atoms with Crippen molar-refractivity contribution < 1.29 is 14.7 Å². The lowest BCUT2D eigenvalue weighted by atomic mass is 10.2. The molecule has 1 N–H and O–H groups in total. The summed E-state index contributed by atoms with van der Waals surface area (Å²) in [7, 11) is 0. The average molecular weight is 294 g/mol. The number of carboxylic acids is 1. The molecule has 0 aromatic carbocycles. The van der Waals surface area contributed by atoms with Gasteiger partial charge in [0.05, 0.1) is 12.5 Å². The summed E-state index contributed by atoms with van der Waals surface area (Å²) in [6, 6.07) is 1.86. The minimum Gasteiger partial charge on any atom is -0.480 e. The second-order valence-corrected chi connectivity index (χ2v) is 5.65. The normalized spacial score (nSPS) is 20.7. The number of nitriles is 1.